The molecule has 2 N–H and O–H groups in total. The van der Waals surface area contributed by atoms with E-state index in [0.717, 1.165) is 0 Å². The van der Waals surface area contributed by atoms with Crippen molar-refractivity contribution in [3.05, 3.63) is 12.2 Å². The molecule has 0 spiro atoms. The molecule has 0 fully saturated rings. The van der Waals surface area contributed by atoms with Crippen LogP contribution in [0.5, 0.6) is 0 Å². The van der Waals surface area contributed by atoms with Gasteiger partial charge in [0.15, 0.2) is 0 Å². The second-order valence-electron chi connectivity index (χ2n) is 5.31. The van der Waals surface area contributed by atoms with Crippen molar-refractivity contribution in [3.8, 4) is 0 Å². The maximum atomic E-state index is 11.5. The van der Waals surface area contributed by atoms with Crippen LogP contribution in [0, 0.1) is 0 Å². The van der Waals surface area contributed by atoms with Crippen LogP contribution in [-0.2, 0) is 27.5 Å². The van der Waals surface area contributed by atoms with Gasteiger partial charge in [0.05, 0.1) is 0 Å². The minimum Gasteiger partial charge on any atom is -0.458 e. The van der Waals surface area contributed by atoms with Gasteiger partial charge in [-0.05, 0) is 40.5 Å². The first kappa shape index (κ1) is 23.6. The van der Waals surface area contributed by atoms with Gasteiger partial charge in [0.2, 0.25) is 0 Å². The molecular weight excluding hydrogens is 346 g/mol. The third-order valence-corrected chi connectivity index (χ3v) is 6.28. The minimum absolute atomic E-state index is 0.0822. The Labute approximate surface area is 151 Å². The smallest absolute Gasteiger partial charge is 0.458 e. The highest BCUT2D eigenvalue weighted by Gasteiger charge is 2.40. The number of amides is 1. The Morgan fingerprint density at radius 2 is 1.60 bits per heavy atom. The van der Waals surface area contributed by atoms with Crippen LogP contribution in [0.25, 0.3) is 0 Å². The Balaban J connectivity index is 4.69. The topological polar surface area (TPSA) is 106 Å². The lowest BCUT2D eigenvalue weighted by atomic mass is 10.2. The summed E-state index contributed by atoms with van der Waals surface area (Å²) in [6.07, 6.45) is -0.514. The van der Waals surface area contributed by atoms with Gasteiger partial charge in [0, 0.05) is 31.4 Å². The average Bonchev–Trinajstić information content (AvgIpc) is 2.52. The molecule has 0 bridgehead atoms. The molecule has 146 valence electrons. The lowest BCUT2D eigenvalue weighted by Crippen LogP contribution is -2.46. The Morgan fingerprint density at radius 1 is 1.08 bits per heavy atom. The summed E-state index contributed by atoms with van der Waals surface area (Å²) in [4.78, 5) is 22.5. The van der Waals surface area contributed by atoms with Gasteiger partial charge in [-0.25, -0.2) is 9.59 Å². The van der Waals surface area contributed by atoms with Gasteiger partial charge < -0.3 is 28.5 Å². The summed E-state index contributed by atoms with van der Waals surface area (Å²) in [5.41, 5.74) is 5.35. The van der Waals surface area contributed by atoms with E-state index in [1.165, 1.54) is 0 Å². The molecule has 0 radical (unpaired) electrons. The van der Waals surface area contributed by atoms with Crippen LogP contribution >= 0.6 is 0 Å². The normalized spacial score (nSPS) is 12.5. The highest BCUT2D eigenvalue weighted by molar-refractivity contribution is 6.60. The largest absolute Gasteiger partial charge is 0.500 e. The number of rotatable bonds is 14. The summed E-state index contributed by atoms with van der Waals surface area (Å²) in [5.74, 6) is -0.542. The lowest BCUT2D eigenvalue weighted by Gasteiger charge is -2.28. The molecule has 0 heterocycles. The van der Waals surface area contributed by atoms with Crippen molar-refractivity contribution in [1.29, 1.82) is 0 Å². The van der Waals surface area contributed by atoms with E-state index in [0.29, 0.717) is 38.7 Å². The van der Waals surface area contributed by atoms with E-state index in [1.54, 1.807) is 6.92 Å². The van der Waals surface area contributed by atoms with Crippen LogP contribution in [0.15, 0.2) is 12.2 Å². The summed E-state index contributed by atoms with van der Waals surface area (Å²) >= 11 is 0. The molecule has 0 aliphatic carbocycles. The van der Waals surface area contributed by atoms with Crippen molar-refractivity contribution >= 4 is 20.9 Å². The standard InChI is InChI=1S/C16H31NO7Si/c1-6-21-25(22-7-2,23-8-3)11-9-10-14(24-16(17)19)12-20-15(18)13(4)5/h14H,4,6-12H2,1-3,5H3,(H2,17,19). The lowest BCUT2D eigenvalue weighted by molar-refractivity contribution is -0.142. The van der Waals surface area contributed by atoms with E-state index in [9.17, 15) is 9.59 Å². The molecule has 8 nitrogen and oxygen atoms in total. The van der Waals surface area contributed by atoms with E-state index in [-0.39, 0.29) is 12.2 Å². The molecular formula is C16H31NO7Si. The monoisotopic (exact) mass is 377 g/mol. The van der Waals surface area contributed by atoms with Crippen LogP contribution in [0.2, 0.25) is 6.04 Å². The van der Waals surface area contributed by atoms with Gasteiger partial charge in [0.25, 0.3) is 0 Å². The van der Waals surface area contributed by atoms with E-state index in [1.807, 2.05) is 20.8 Å². The maximum Gasteiger partial charge on any atom is 0.500 e. The van der Waals surface area contributed by atoms with E-state index < -0.39 is 27.0 Å². The fourth-order valence-corrected chi connectivity index (χ4v) is 4.82. The fraction of sp³-hybridized carbons (Fsp3) is 0.750. The van der Waals surface area contributed by atoms with Gasteiger partial charge in [-0.1, -0.05) is 6.58 Å². The quantitative estimate of drug-likeness (QED) is 0.281. The Kier molecular flexibility index (Phi) is 12.1. The molecule has 25 heavy (non-hydrogen) atoms. The Hall–Kier alpha value is -1.42. The zero-order valence-corrected chi connectivity index (χ0v) is 16.7. The first-order chi connectivity index (χ1) is 11.8. The molecule has 1 unspecified atom stereocenters. The number of ether oxygens (including phenoxy) is 2. The highest BCUT2D eigenvalue weighted by atomic mass is 28.4. The van der Waals surface area contributed by atoms with Crippen LogP contribution in [-0.4, -0.2) is 53.4 Å². The summed E-state index contributed by atoms with van der Waals surface area (Å²) in [6, 6.07) is 0.565. The van der Waals surface area contributed by atoms with Gasteiger partial charge >= 0.3 is 20.9 Å². The van der Waals surface area contributed by atoms with E-state index in [2.05, 4.69) is 6.58 Å². The zero-order chi connectivity index (χ0) is 19.3. The molecule has 0 aromatic heterocycles. The number of primary amides is 1. The predicted octanol–water partition coefficient (Wildman–Crippen LogP) is 2.40. The third kappa shape index (κ3) is 10.2. The van der Waals surface area contributed by atoms with Gasteiger partial charge in [-0.2, -0.15) is 0 Å². The summed E-state index contributed by atoms with van der Waals surface area (Å²) in [6.45, 7) is 12.1. The fourth-order valence-electron chi connectivity index (χ4n) is 2.18. The van der Waals surface area contributed by atoms with Gasteiger partial charge in [0.1, 0.15) is 12.7 Å². The van der Waals surface area contributed by atoms with Crippen molar-refractivity contribution in [2.45, 2.75) is 52.7 Å². The van der Waals surface area contributed by atoms with Crippen molar-refractivity contribution in [3.63, 3.8) is 0 Å². The highest BCUT2D eigenvalue weighted by Crippen LogP contribution is 2.20. The third-order valence-electron chi connectivity index (χ3n) is 3.13. The maximum absolute atomic E-state index is 11.5. The second kappa shape index (κ2) is 12.9. The van der Waals surface area contributed by atoms with Crippen LogP contribution in [0.1, 0.15) is 40.5 Å². The van der Waals surface area contributed by atoms with Crippen molar-refractivity contribution < 1.29 is 32.3 Å². The molecule has 9 heteroatoms. The summed E-state index contributed by atoms with van der Waals surface area (Å²) in [7, 11) is -2.76. The molecule has 0 aliphatic heterocycles. The number of hydrogen-bond donors (Lipinski definition) is 1. The molecule has 0 aliphatic rings. The average molecular weight is 378 g/mol. The predicted molar refractivity (Wildman–Crippen MR) is 94.9 cm³/mol. The first-order valence-corrected chi connectivity index (χ1v) is 10.4. The number of hydrogen-bond acceptors (Lipinski definition) is 7. The molecule has 0 rings (SSSR count). The zero-order valence-electron chi connectivity index (χ0n) is 15.7. The second-order valence-corrected chi connectivity index (χ2v) is 8.04. The van der Waals surface area contributed by atoms with Crippen LogP contribution in [0.4, 0.5) is 4.79 Å². The van der Waals surface area contributed by atoms with Crippen LogP contribution < -0.4 is 5.73 Å². The number of carbonyl (C=O) groups excluding carboxylic acids is 2. The molecule has 1 amide bonds. The number of carbonyl (C=O) groups is 2. The summed E-state index contributed by atoms with van der Waals surface area (Å²) in [5, 5.41) is 0. The van der Waals surface area contributed by atoms with Gasteiger partial charge in [-0.15, -0.1) is 0 Å². The Bertz CT molecular complexity index is 414. The van der Waals surface area contributed by atoms with Crippen molar-refractivity contribution in [2.75, 3.05) is 26.4 Å². The number of nitrogens with two attached hydrogens (primary N) is 1. The van der Waals surface area contributed by atoms with Crippen molar-refractivity contribution in [2.24, 2.45) is 5.73 Å². The molecule has 0 saturated carbocycles. The van der Waals surface area contributed by atoms with E-state index in [4.69, 9.17) is 28.5 Å². The SMILES string of the molecule is C=C(C)C(=O)OCC(CCC[Si](OCC)(OCC)OCC)OC(N)=O. The molecule has 0 aromatic rings. The van der Waals surface area contributed by atoms with Crippen molar-refractivity contribution in [1.82, 2.24) is 0 Å². The molecule has 0 aromatic carbocycles. The molecule has 1 atom stereocenters. The van der Waals surface area contributed by atoms with Gasteiger partial charge in [-0.3, -0.25) is 0 Å². The first-order valence-electron chi connectivity index (χ1n) is 8.50. The Morgan fingerprint density at radius 3 is 2.00 bits per heavy atom. The van der Waals surface area contributed by atoms with E-state index >= 15 is 0 Å². The number of esters is 1. The summed E-state index contributed by atoms with van der Waals surface area (Å²) < 4.78 is 27.3. The minimum atomic E-state index is -2.76. The molecule has 0 saturated heterocycles. The van der Waals surface area contributed by atoms with Crippen LogP contribution in [0.3, 0.4) is 0 Å².